The second kappa shape index (κ2) is 15.9. The molecule has 0 heterocycles. The quantitative estimate of drug-likeness (QED) is 0.154. The lowest BCUT2D eigenvalue weighted by molar-refractivity contribution is 0.662. The zero-order valence-corrected chi connectivity index (χ0v) is 39.8. The Labute approximate surface area is 416 Å². The molecule has 3 aliphatic carbocycles. The number of benzene rings is 11. The Morgan fingerprint density at radius 3 is 1.27 bits per heavy atom. The third kappa shape index (κ3) is 5.93. The molecule has 0 atom stereocenters. The molecule has 1 heteroatoms. The van der Waals surface area contributed by atoms with Crippen LogP contribution in [0.15, 0.2) is 261 Å². The van der Waals surface area contributed by atoms with E-state index < -0.39 is 5.41 Å². The number of anilines is 3. The highest BCUT2D eigenvalue weighted by Gasteiger charge is 2.52. The average Bonchev–Trinajstić information content (AvgIpc) is 4.01. The summed E-state index contributed by atoms with van der Waals surface area (Å²) in [6.45, 7) is 4.80. The minimum Gasteiger partial charge on any atom is -0.309 e. The molecule has 0 bridgehead atoms. The molecule has 3 aliphatic rings. The molecule has 0 saturated carbocycles. The summed E-state index contributed by atoms with van der Waals surface area (Å²) in [7, 11) is 0. The first-order valence-corrected chi connectivity index (χ1v) is 24.9. The zero-order valence-electron chi connectivity index (χ0n) is 39.8. The Morgan fingerprint density at radius 2 is 0.662 bits per heavy atom. The summed E-state index contributed by atoms with van der Waals surface area (Å²) in [6.07, 6.45) is 0. The maximum atomic E-state index is 2.59. The summed E-state index contributed by atoms with van der Waals surface area (Å²) in [5.74, 6) is 0. The van der Waals surface area contributed by atoms with Crippen molar-refractivity contribution in [3.8, 4) is 77.9 Å². The van der Waals surface area contributed by atoms with Gasteiger partial charge in [-0.05, 0) is 124 Å². The van der Waals surface area contributed by atoms with Crippen LogP contribution in [0.1, 0.15) is 47.2 Å². The van der Waals surface area contributed by atoms with Crippen LogP contribution in [-0.4, -0.2) is 0 Å². The SMILES string of the molecule is CC1(C)c2ccccc2-c2cccc(-c3ccccc3N(c3ccc4c(c3)C3(c5ccccc5-c5ccccc53)c3ccccc3-4)c3cccc(-c4ccccc4)c3-c3ccccc3-c3ccccc3)c21. The van der Waals surface area contributed by atoms with E-state index in [-0.39, 0.29) is 5.41 Å². The number of para-hydroxylation sites is 1. The van der Waals surface area contributed by atoms with Gasteiger partial charge in [0.05, 0.1) is 16.8 Å². The van der Waals surface area contributed by atoms with E-state index in [0.717, 1.165) is 17.1 Å². The number of nitrogens with zero attached hydrogens (tertiary/aromatic N) is 1. The molecule has 0 radical (unpaired) electrons. The third-order valence-corrected chi connectivity index (χ3v) is 15.9. The van der Waals surface area contributed by atoms with Gasteiger partial charge in [0.2, 0.25) is 0 Å². The number of hydrogen-bond acceptors (Lipinski definition) is 1. The highest BCUT2D eigenvalue weighted by atomic mass is 15.1. The second-order valence-electron chi connectivity index (χ2n) is 19.8. The number of hydrogen-bond donors (Lipinski definition) is 0. The molecule has 1 nitrogen and oxygen atoms in total. The minimum atomic E-state index is -0.509. The van der Waals surface area contributed by atoms with Gasteiger partial charge in [0.15, 0.2) is 0 Å². The van der Waals surface area contributed by atoms with Crippen molar-refractivity contribution in [1.82, 2.24) is 0 Å². The fraction of sp³-hybridized carbons (Fsp3) is 0.0571. The van der Waals surface area contributed by atoms with Crippen molar-refractivity contribution < 1.29 is 0 Å². The van der Waals surface area contributed by atoms with Crippen molar-refractivity contribution in [2.75, 3.05) is 4.90 Å². The van der Waals surface area contributed by atoms with Gasteiger partial charge in [-0.2, -0.15) is 0 Å². The fourth-order valence-corrected chi connectivity index (χ4v) is 13.0. The maximum Gasteiger partial charge on any atom is 0.0726 e. The van der Waals surface area contributed by atoms with Gasteiger partial charge in [-0.3, -0.25) is 0 Å². The van der Waals surface area contributed by atoms with Gasteiger partial charge >= 0.3 is 0 Å². The van der Waals surface area contributed by atoms with Crippen molar-refractivity contribution in [3.63, 3.8) is 0 Å². The molecule has 0 saturated heterocycles. The molecule has 0 fully saturated rings. The first kappa shape index (κ1) is 41.2. The van der Waals surface area contributed by atoms with Crippen LogP contribution in [0.25, 0.3) is 77.9 Å². The van der Waals surface area contributed by atoms with E-state index in [1.165, 1.54) is 111 Å². The highest BCUT2D eigenvalue weighted by Crippen LogP contribution is 2.64. The van der Waals surface area contributed by atoms with E-state index in [9.17, 15) is 0 Å². The monoisotopic (exact) mass is 903 g/mol. The number of fused-ring (bicyclic) bond motifs is 13. The predicted molar refractivity (Wildman–Crippen MR) is 297 cm³/mol. The van der Waals surface area contributed by atoms with Gasteiger partial charge in [0, 0.05) is 22.2 Å². The van der Waals surface area contributed by atoms with Crippen molar-refractivity contribution in [2.45, 2.75) is 24.7 Å². The molecule has 14 rings (SSSR count). The minimum absolute atomic E-state index is 0.220. The van der Waals surface area contributed by atoms with Crippen LogP contribution in [0.4, 0.5) is 17.1 Å². The first-order chi connectivity index (χ1) is 35.0. The van der Waals surface area contributed by atoms with E-state index in [4.69, 9.17) is 0 Å². The van der Waals surface area contributed by atoms with Crippen LogP contribution in [-0.2, 0) is 10.8 Å². The first-order valence-electron chi connectivity index (χ1n) is 24.9. The summed E-state index contributed by atoms with van der Waals surface area (Å²) in [4.78, 5) is 2.59. The Hall–Kier alpha value is -8.78. The van der Waals surface area contributed by atoms with Gasteiger partial charge < -0.3 is 4.90 Å². The van der Waals surface area contributed by atoms with E-state index in [0.29, 0.717) is 0 Å². The van der Waals surface area contributed by atoms with Crippen LogP contribution < -0.4 is 4.90 Å². The normalized spacial score (nSPS) is 13.7. The van der Waals surface area contributed by atoms with E-state index >= 15 is 0 Å². The lowest BCUT2D eigenvalue weighted by Crippen LogP contribution is -2.26. The van der Waals surface area contributed by atoms with Gasteiger partial charge in [-0.15, -0.1) is 0 Å². The van der Waals surface area contributed by atoms with Crippen molar-refractivity contribution in [2.24, 2.45) is 0 Å². The zero-order chi connectivity index (χ0) is 47.3. The lowest BCUT2D eigenvalue weighted by atomic mass is 9.70. The molecule has 71 heavy (non-hydrogen) atoms. The molecule has 11 aromatic rings. The standard InChI is InChI=1S/C70H49N/c1-69(2)60-37-16-11-31-54(60)58-35-21-36-59(68(58)69)56-32-15-20-41-65(56)71(66-42-22-34-50(47-25-7-4-8-26-47)67(66)57-33-10-9-27-49(57)46-23-5-3-6-24-46)48-43-44-55-53-30-14-19-40-63(53)70(64(55)45-48)61-38-17-12-28-51(61)52-29-13-18-39-62(52)70/h3-45H,1-2H3. The van der Waals surface area contributed by atoms with Gasteiger partial charge in [-0.1, -0.05) is 250 Å². The molecule has 11 aromatic carbocycles. The summed E-state index contributed by atoms with van der Waals surface area (Å²) < 4.78 is 0. The van der Waals surface area contributed by atoms with Gasteiger partial charge in [-0.25, -0.2) is 0 Å². The molecular weight excluding hydrogens is 855 g/mol. The van der Waals surface area contributed by atoms with E-state index in [1.807, 2.05) is 0 Å². The smallest absolute Gasteiger partial charge is 0.0726 e. The Bertz CT molecular complexity index is 3850. The Morgan fingerprint density at radius 1 is 0.268 bits per heavy atom. The fourth-order valence-electron chi connectivity index (χ4n) is 13.0. The van der Waals surface area contributed by atoms with E-state index in [2.05, 4.69) is 280 Å². The maximum absolute atomic E-state index is 2.59. The summed E-state index contributed by atoms with van der Waals surface area (Å²) in [5.41, 5.74) is 27.9. The van der Waals surface area contributed by atoms with Gasteiger partial charge in [0.1, 0.15) is 0 Å². The topological polar surface area (TPSA) is 3.24 Å². The molecule has 334 valence electrons. The molecular formula is C70H49N. The third-order valence-electron chi connectivity index (χ3n) is 15.9. The molecule has 0 aliphatic heterocycles. The van der Waals surface area contributed by atoms with Crippen molar-refractivity contribution in [1.29, 1.82) is 0 Å². The second-order valence-corrected chi connectivity index (χ2v) is 19.8. The van der Waals surface area contributed by atoms with Crippen LogP contribution >= 0.6 is 0 Å². The Balaban J connectivity index is 1.10. The average molecular weight is 904 g/mol. The van der Waals surface area contributed by atoms with Crippen LogP contribution in [0.5, 0.6) is 0 Å². The van der Waals surface area contributed by atoms with Crippen molar-refractivity contribution in [3.05, 3.63) is 294 Å². The summed E-state index contributed by atoms with van der Waals surface area (Å²) >= 11 is 0. The van der Waals surface area contributed by atoms with Gasteiger partial charge in [0.25, 0.3) is 0 Å². The molecule has 0 aromatic heterocycles. The van der Waals surface area contributed by atoms with E-state index in [1.54, 1.807) is 0 Å². The molecule has 1 spiro atoms. The molecule has 0 unspecified atom stereocenters. The predicted octanol–water partition coefficient (Wildman–Crippen LogP) is 18.5. The largest absolute Gasteiger partial charge is 0.309 e. The molecule has 0 amide bonds. The summed E-state index contributed by atoms with van der Waals surface area (Å²) in [6, 6.07) is 97.5. The number of rotatable bonds is 7. The van der Waals surface area contributed by atoms with Crippen LogP contribution in [0, 0.1) is 0 Å². The highest BCUT2D eigenvalue weighted by molar-refractivity contribution is 6.04. The van der Waals surface area contributed by atoms with Crippen molar-refractivity contribution >= 4 is 17.1 Å². The summed E-state index contributed by atoms with van der Waals surface area (Å²) in [5, 5.41) is 0. The molecule has 0 N–H and O–H groups in total. The van der Waals surface area contributed by atoms with Crippen LogP contribution in [0.2, 0.25) is 0 Å². The van der Waals surface area contributed by atoms with Crippen LogP contribution in [0.3, 0.4) is 0 Å². The lowest BCUT2D eigenvalue weighted by Gasteiger charge is -2.34. The Kier molecular flexibility index (Phi) is 9.22.